The maximum absolute atomic E-state index is 10.6. The zero-order valence-electron chi connectivity index (χ0n) is 12.8. The second-order valence-electron chi connectivity index (χ2n) is 5.27. The number of non-ortho nitro benzene ring substituents is 1. The minimum atomic E-state index is -0.450. The lowest BCUT2D eigenvalue weighted by Gasteiger charge is -1.92. The molecule has 2 aromatic heterocycles. The standard InChI is InChI=1S/C18H11N3O4/c22-21(23)14-7-5-12(6-8-14)10-19-18-20-15(11-24-18)17-9-13-3-1-2-4-16(13)25-17/h1-11H/b19-10+. The SMILES string of the molecule is O=[N+]([O-])c1ccc(/C=N/c2nc(-c3cc4ccccc4o3)co2)cc1. The summed E-state index contributed by atoms with van der Waals surface area (Å²) in [4.78, 5) is 18.6. The summed E-state index contributed by atoms with van der Waals surface area (Å²) in [5, 5.41) is 11.6. The molecule has 0 radical (unpaired) electrons. The van der Waals surface area contributed by atoms with E-state index in [0.29, 0.717) is 17.0 Å². The molecule has 0 bridgehead atoms. The Kier molecular flexibility index (Phi) is 3.59. The molecule has 4 rings (SSSR count). The van der Waals surface area contributed by atoms with Gasteiger partial charge in [0.15, 0.2) is 5.76 Å². The second kappa shape index (κ2) is 6.04. The van der Waals surface area contributed by atoms with E-state index >= 15 is 0 Å². The zero-order chi connectivity index (χ0) is 17.2. The van der Waals surface area contributed by atoms with Crippen molar-refractivity contribution in [3.63, 3.8) is 0 Å². The molecule has 0 aliphatic heterocycles. The third kappa shape index (κ3) is 3.02. The van der Waals surface area contributed by atoms with Gasteiger partial charge >= 0.3 is 6.01 Å². The molecular weight excluding hydrogens is 322 g/mol. The molecule has 0 saturated carbocycles. The number of nitro benzene ring substituents is 1. The molecule has 2 heterocycles. The van der Waals surface area contributed by atoms with Gasteiger partial charge in [0.25, 0.3) is 5.69 Å². The van der Waals surface area contributed by atoms with Crippen LogP contribution >= 0.6 is 0 Å². The van der Waals surface area contributed by atoms with Crippen molar-refractivity contribution in [3.8, 4) is 11.5 Å². The van der Waals surface area contributed by atoms with Gasteiger partial charge in [-0.15, -0.1) is 0 Å². The van der Waals surface area contributed by atoms with Crippen LogP contribution < -0.4 is 0 Å². The normalized spacial score (nSPS) is 11.4. The largest absolute Gasteiger partial charge is 0.454 e. The second-order valence-corrected chi connectivity index (χ2v) is 5.27. The molecule has 0 spiro atoms. The van der Waals surface area contributed by atoms with Crippen LogP contribution in [-0.4, -0.2) is 16.1 Å². The Balaban J connectivity index is 1.55. The number of fused-ring (bicyclic) bond motifs is 1. The van der Waals surface area contributed by atoms with Gasteiger partial charge in [-0.05, 0) is 29.8 Å². The van der Waals surface area contributed by atoms with E-state index in [4.69, 9.17) is 8.83 Å². The number of oxazole rings is 1. The number of nitrogens with zero attached hydrogens (tertiary/aromatic N) is 3. The molecule has 25 heavy (non-hydrogen) atoms. The summed E-state index contributed by atoms with van der Waals surface area (Å²) in [6, 6.07) is 15.8. The van der Waals surface area contributed by atoms with Crippen LogP contribution in [0.4, 0.5) is 11.7 Å². The van der Waals surface area contributed by atoms with E-state index in [1.165, 1.54) is 24.6 Å². The number of hydrogen-bond acceptors (Lipinski definition) is 6. The molecule has 4 aromatic rings. The Morgan fingerprint density at radius 2 is 1.92 bits per heavy atom. The van der Waals surface area contributed by atoms with Crippen LogP contribution in [0.3, 0.4) is 0 Å². The fraction of sp³-hybridized carbons (Fsp3) is 0. The molecule has 0 atom stereocenters. The number of para-hydroxylation sites is 1. The molecule has 7 nitrogen and oxygen atoms in total. The first-order valence-corrected chi connectivity index (χ1v) is 7.42. The van der Waals surface area contributed by atoms with Gasteiger partial charge in [-0.2, -0.15) is 4.98 Å². The van der Waals surface area contributed by atoms with E-state index in [9.17, 15) is 10.1 Å². The van der Waals surface area contributed by atoms with Gasteiger partial charge < -0.3 is 8.83 Å². The van der Waals surface area contributed by atoms with Crippen LogP contribution in [0.15, 0.2) is 74.7 Å². The summed E-state index contributed by atoms with van der Waals surface area (Å²) in [5.74, 6) is 0.599. The Morgan fingerprint density at radius 1 is 1.12 bits per heavy atom. The number of aliphatic imine (C=N–C) groups is 1. The van der Waals surface area contributed by atoms with Crippen molar-refractivity contribution < 1.29 is 13.8 Å². The Labute approximate surface area is 141 Å². The summed E-state index contributed by atoms with van der Waals surface area (Å²) in [7, 11) is 0. The highest BCUT2D eigenvalue weighted by Crippen LogP contribution is 2.28. The lowest BCUT2D eigenvalue weighted by atomic mass is 10.2. The topological polar surface area (TPSA) is 94.7 Å². The number of benzene rings is 2. The van der Waals surface area contributed by atoms with E-state index in [0.717, 1.165) is 11.0 Å². The maximum atomic E-state index is 10.6. The first-order chi connectivity index (χ1) is 12.2. The molecule has 0 amide bonds. The quantitative estimate of drug-likeness (QED) is 0.305. The first kappa shape index (κ1) is 14.8. The van der Waals surface area contributed by atoms with Crippen molar-refractivity contribution in [1.82, 2.24) is 4.98 Å². The van der Waals surface area contributed by atoms with Gasteiger partial charge in [-0.3, -0.25) is 10.1 Å². The lowest BCUT2D eigenvalue weighted by Crippen LogP contribution is -1.88. The fourth-order valence-electron chi connectivity index (χ4n) is 2.36. The summed E-state index contributed by atoms with van der Waals surface area (Å²) >= 11 is 0. The molecule has 0 aliphatic rings. The van der Waals surface area contributed by atoms with Gasteiger partial charge in [-0.1, -0.05) is 18.2 Å². The third-order valence-corrected chi connectivity index (χ3v) is 3.60. The van der Waals surface area contributed by atoms with Gasteiger partial charge in [0.2, 0.25) is 0 Å². The van der Waals surface area contributed by atoms with Gasteiger partial charge in [-0.25, -0.2) is 4.99 Å². The fourth-order valence-corrected chi connectivity index (χ4v) is 2.36. The van der Waals surface area contributed by atoms with Crippen LogP contribution in [0.5, 0.6) is 0 Å². The molecule has 7 heteroatoms. The number of furan rings is 1. The molecule has 0 unspecified atom stereocenters. The molecule has 0 aliphatic carbocycles. The van der Waals surface area contributed by atoms with Crippen molar-refractivity contribution in [2.45, 2.75) is 0 Å². The summed E-state index contributed by atoms with van der Waals surface area (Å²) in [6.07, 6.45) is 3.00. The van der Waals surface area contributed by atoms with Crippen LogP contribution in [-0.2, 0) is 0 Å². The van der Waals surface area contributed by atoms with E-state index in [1.54, 1.807) is 12.1 Å². The predicted molar refractivity (Wildman–Crippen MR) is 92.1 cm³/mol. The highest BCUT2D eigenvalue weighted by atomic mass is 16.6. The highest BCUT2D eigenvalue weighted by molar-refractivity contribution is 5.83. The third-order valence-electron chi connectivity index (χ3n) is 3.60. The van der Waals surface area contributed by atoms with Crippen LogP contribution in [0.1, 0.15) is 5.56 Å². The van der Waals surface area contributed by atoms with E-state index in [1.807, 2.05) is 30.3 Å². The average Bonchev–Trinajstić information content (AvgIpc) is 3.26. The Hall–Kier alpha value is -3.74. The smallest absolute Gasteiger partial charge is 0.322 e. The number of rotatable bonds is 4. The number of nitro groups is 1. The molecule has 2 aromatic carbocycles. The Morgan fingerprint density at radius 3 is 2.68 bits per heavy atom. The predicted octanol–water partition coefficient (Wildman–Crippen LogP) is 4.75. The van der Waals surface area contributed by atoms with Crippen molar-refractivity contribution in [1.29, 1.82) is 0 Å². The van der Waals surface area contributed by atoms with Crippen molar-refractivity contribution in [2.75, 3.05) is 0 Å². The number of hydrogen-bond donors (Lipinski definition) is 0. The van der Waals surface area contributed by atoms with Gasteiger partial charge in [0, 0.05) is 23.7 Å². The highest BCUT2D eigenvalue weighted by Gasteiger charge is 2.10. The van der Waals surface area contributed by atoms with Crippen molar-refractivity contribution in [3.05, 3.63) is 76.5 Å². The van der Waals surface area contributed by atoms with Crippen molar-refractivity contribution in [2.24, 2.45) is 4.99 Å². The van der Waals surface area contributed by atoms with Crippen molar-refractivity contribution >= 4 is 28.9 Å². The minimum absolute atomic E-state index is 0.0282. The lowest BCUT2D eigenvalue weighted by molar-refractivity contribution is -0.384. The average molecular weight is 333 g/mol. The summed E-state index contributed by atoms with van der Waals surface area (Å²) in [5.41, 5.74) is 2.05. The van der Waals surface area contributed by atoms with Crippen LogP contribution in [0, 0.1) is 10.1 Å². The van der Waals surface area contributed by atoms with E-state index < -0.39 is 4.92 Å². The Bertz CT molecular complexity index is 1040. The molecule has 0 fully saturated rings. The molecule has 0 N–H and O–H groups in total. The summed E-state index contributed by atoms with van der Waals surface area (Å²) in [6.45, 7) is 0. The van der Waals surface area contributed by atoms with Gasteiger partial charge in [0.05, 0.1) is 4.92 Å². The minimum Gasteiger partial charge on any atom is -0.454 e. The maximum Gasteiger partial charge on any atom is 0.322 e. The van der Waals surface area contributed by atoms with Crippen LogP contribution in [0.2, 0.25) is 0 Å². The zero-order valence-corrected chi connectivity index (χ0v) is 12.8. The van der Waals surface area contributed by atoms with Crippen LogP contribution in [0.25, 0.3) is 22.4 Å². The molecular formula is C18H11N3O4. The summed E-state index contributed by atoms with van der Waals surface area (Å²) < 4.78 is 11.0. The molecule has 0 saturated heterocycles. The molecule has 122 valence electrons. The number of aromatic nitrogens is 1. The van der Waals surface area contributed by atoms with E-state index in [-0.39, 0.29) is 11.7 Å². The monoisotopic (exact) mass is 333 g/mol. The van der Waals surface area contributed by atoms with E-state index in [2.05, 4.69) is 9.98 Å². The van der Waals surface area contributed by atoms with Gasteiger partial charge in [0.1, 0.15) is 17.5 Å². The first-order valence-electron chi connectivity index (χ1n) is 7.42.